The van der Waals surface area contributed by atoms with E-state index in [1.807, 2.05) is 13.0 Å². The summed E-state index contributed by atoms with van der Waals surface area (Å²) in [7, 11) is 3.08. The van der Waals surface area contributed by atoms with Crippen molar-refractivity contribution in [3.8, 4) is 0 Å². The number of aromatic nitrogens is 6. The molecule has 1 saturated heterocycles. The number of nitrogens with one attached hydrogen (secondary N) is 1. The zero-order chi connectivity index (χ0) is 20.0. The number of aromatic amines is 1. The quantitative estimate of drug-likeness (QED) is 0.581. The van der Waals surface area contributed by atoms with Crippen LogP contribution in [0.15, 0.2) is 22.0 Å². The summed E-state index contributed by atoms with van der Waals surface area (Å²) in [5.41, 5.74) is 2.07. The van der Waals surface area contributed by atoms with Gasteiger partial charge in [-0.3, -0.25) is 23.9 Å². The molecular formula is C18H25N7O3. The second-order valence-electron chi connectivity index (χ2n) is 7.65. The molecule has 1 aliphatic heterocycles. The first-order valence-electron chi connectivity index (χ1n) is 9.37. The molecule has 0 saturated carbocycles. The monoisotopic (exact) mass is 387 g/mol. The summed E-state index contributed by atoms with van der Waals surface area (Å²) < 4.78 is 4.27. The molecule has 0 bridgehead atoms. The minimum atomic E-state index is -0.398. The van der Waals surface area contributed by atoms with E-state index in [0.717, 1.165) is 28.9 Å². The van der Waals surface area contributed by atoms with Crippen LogP contribution >= 0.6 is 0 Å². The molecule has 0 aromatic carbocycles. The van der Waals surface area contributed by atoms with E-state index in [-0.39, 0.29) is 17.2 Å². The smallest absolute Gasteiger partial charge is 0.332 e. The number of aliphatic hydroxyl groups is 1. The fraction of sp³-hybridized carbons (Fsp3) is 0.556. The SMILES string of the molecule is Cc1cc(C[C@@H]2CN(CCn3cnc4c3c(=O)n(C)c(=O)n4C)C[C@H]2O)n[nH]1. The molecule has 150 valence electrons. The van der Waals surface area contributed by atoms with Crippen LogP contribution in [0.2, 0.25) is 0 Å². The molecule has 0 spiro atoms. The standard InChI is InChI=1S/C18H25N7O3/c1-11-6-13(21-20-11)7-12-8-24(9-14(12)26)4-5-25-10-19-16-15(25)17(27)23(3)18(28)22(16)2/h6,10,12,14,26H,4-5,7-9H2,1-3H3,(H,20,21)/t12-,14-/m1/s1. The molecule has 4 rings (SSSR count). The molecule has 0 amide bonds. The zero-order valence-electron chi connectivity index (χ0n) is 16.3. The van der Waals surface area contributed by atoms with E-state index in [4.69, 9.17) is 0 Å². The van der Waals surface area contributed by atoms with Gasteiger partial charge < -0.3 is 9.67 Å². The zero-order valence-corrected chi connectivity index (χ0v) is 16.3. The first-order chi connectivity index (χ1) is 13.3. The van der Waals surface area contributed by atoms with Crippen molar-refractivity contribution < 1.29 is 5.11 Å². The Bertz CT molecular complexity index is 1120. The van der Waals surface area contributed by atoms with Gasteiger partial charge in [0.05, 0.1) is 18.1 Å². The third-order valence-electron chi connectivity index (χ3n) is 5.59. The Morgan fingerprint density at radius 3 is 2.71 bits per heavy atom. The highest BCUT2D eigenvalue weighted by Gasteiger charge is 2.31. The number of nitrogens with zero attached hydrogens (tertiary/aromatic N) is 6. The lowest BCUT2D eigenvalue weighted by atomic mass is 10.0. The lowest BCUT2D eigenvalue weighted by Gasteiger charge is -2.16. The lowest BCUT2D eigenvalue weighted by molar-refractivity contribution is 0.141. The largest absolute Gasteiger partial charge is 0.391 e. The molecular weight excluding hydrogens is 362 g/mol. The molecule has 10 heteroatoms. The molecule has 10 nitrogen and oxygen atoms in total. The van der Waals surface area contributed by atoms with E-state index in [9.17, 15) is 14.7 Å². The Labute approximate surface area is 161 Å². The van der Waals surface area contributed by atoms with Crippen LogP contribution in [0.4, 0.5) is 0 Å². The number of aliphatic hydroxyl groups excluding tert-OH is 1. The van der Waals surface area contributed by atoms with Crippen LogP contribution in [-0.4, -0.2) is 64.6 Å². The van der Waals surface area contributed by atoms with E-state index in [2.05, 4.69) is 20.1 Å². The fourth-order valence-corrected chi connectivity index (χ4v) is 3.99. The molecule has 2 atom stereocenters. The number of H-pyrrole nitrogens is 1. The summed E-state index contributed by atoms with van der Waals surface area (Å²) in [6.07, 6.45) is 1.94. The summed E-state index contributed by atoms with van der Waals surface area (Å²) in [6, 6.07) is 2.01. The average molecular weight is 387 g/mol. The Morgan fingerprint density at radius 2 is 2.00 bits per heavy atom. The van der Waals surface area contributed by atoms with Gasteiger partial charge in [0.25, 0.3) is 5.56 Å². The van der Waals surface area contributed by atoms with Gasteiger partial charge in [0.15, 0.2) is 11.2 Å². The van der Waals surface area contributed by atoms with Crippen molar-refractivity contribution in [1.82, 2.24) is 33.8 Å². The average Bonchev–Trinajstić information content (AvgIpc) is 3.36. The summed E-state index contributed by atoms with van der Waals surface area (Å²) in [4.78, 5) is 31.0. The predicted octanol–water partition coefficient (Wildman–Crippen LogP) is -0.999. The summed E-state index contributed by atoms with van der Waals surface area (Å²) >= 11 is 0. The van der Waals surface area contributed by atoms with Gasteiger partial charge >= 0.3 is 5.69 Å². The Hall–Kier alpha value is -2.72. The van der Waals surface area contributed by atoms with Crippen molar-refractivity contribution in [1.29, 1.82) is 0 Å². The first-order valence-corrected chi connectivity index (χ1v) is 9.37. The molecule has 28 heavy (non-hydrogen) atoms. The minimum absolute atomic E-state index is 0.135. The maximum atomic E-state index is 12.5. The maximum Gasteiger partial charge on any atom is 0.332 e. The van der Waals surface area contributed by atoms with Crippen LogP contribution in [0.3, 0.4) is 0 Å². The Morgan fingerprint density at radius 1 is 1.21 bits per heavy atom. The van der Waals surface area contributed by atoms with E-state index in [0.29, 0.717) is 30.8 Å². The van der Waals surface area contributed by atoms with E-state index < -0.39 is 6.10 Å². The molecule has 3 aromatic rings. The van der Waals surface area contributed by atoms with Crippen molar-refractivity contribution in [2.45, 2.75) is 26.0 Å². The van der Waals surface area contributed by atoms with Crippen molar-refractivity contribution in [3.05, 3.63) is 44.6 Å². The lowest BCUT2D eigenvalue weighted by Crippen LogP contribution is -2.37. The van der Waals surface area contributed by atoms with Crippen LogP contribution < -0.4 is 11.2 Å². The molecule has 0 unspecified atom stereocenters. The number of rotatable bonds is 5. The van der Waals surface area contributed by atoms with Gasteiger partial charge in [0.2, 0.25) is 0 Å². The van der Waals surface area contributed by atoms with Crippen LogP contribution in [-0.2, 0) is 27.1 Å². The van der Waals surface area contributed by atoms with Gasteiger partial charge in [-0.25, -0.2) is 9.78 Å². The van der Waals surface area contributed by atoms with Gasteiger partial charge in [-0.15, -0.1) is 0 Å². The Kier molecular flexibility index (Phi) is 4.68. The van der Waals surface area contributed by atoms with Crippen LogP contribution in [0.1, 0.15) is 11.4 Å². The van der Waals surface area contributed by atoms with E-state index in [1.54, 1.807) is 17.9 Å². The number of imidazole rings is 1. The fourth-order valence-electron chi connectivity index (χ4n) is 3.99. The molecule has 1 fully saturated rings. The van der Waals surface area contributed by atoms with E-state index >= 15 is 0 Å². The molecule has 0 aliphatic carbocycles. The van der Waals surface area contributed by atoms with Gasteiger partial charge in [-0.1, -0.05) is 0 Å². The molecule has 4 heterocycles. The normalized spacial score (nSPS) is 20.4. The maximum absolute atomic E-state index is 12.5. The first kappa shape index (κ1) is 18.6. The highest BCUT2D eigenvalue weighted by atomic mass is 16.3. The predicted molar refractivity (Wildman–Crippen MR) is 103 cm³/mol. The van der Waals surface area contributed by atoms with Crippen molar-refractivity contribution in [3.63, 3.8) is 0 Å². The summed E-state index contributed by atoms with van der Waals surface area (Å²) in [5.74, 6) is 0.135. The van der Waals surface area contributed by atoms with Gasteiger partial charge in [0, 0.05) is 51.9 Å². The van der Waals surface area contributed by atoms with Crippen LogP contribution in [0.5, 0.6) is 0 Å². The van der Waals surface area contributed by atoms with Gasteiger partial charge in [0.1, 0.15) is 0 Å². The highest BCUT2D eigenvalue weighted by Crippen LogP contribution is 2.21. The summed E-state index contributed by atoms with van der Waals surface area (Å²) in [6.45, 7) is 4.58. The number of hydrogen-bond acceptors (Lipinski definition) is 6. The number of β-amino-alcohol motifs (C(OH)–C–C–N with tert-alkyl or cyclic N) is 1. The number of fused-ring (bicyclic) bond motifs is 1. The molecule has 1 aliphatic rings. The van der Waals surface area contributed by atoms with Crippen molar-refractivity contribution in [2.75, 3.05) is 19.6 Å². The number of hydrogen-bond donors (Lipinski definition) is 2. The molecule has 0 radical (unpaired) electrons. The summed E-state index contributed by atoms with van der Waals surface area (Å²) in [5, 5.41) is 17.6. The third-order valence-corrected chi connectivity index (χ3v) is 5.59. The highest BCUT2D eigenvalue weighted by molar-refractivity contribution is 5.69. The van der Waals surface area contributed by atoms with Crippen LogP contribution in [0.25, 0.3) is 11.2 Å². The molecule has 3 aromatic heterocycles. The Balaban J connectivity index is 1.47. The second-order valence-corrected chi connectivity index (χ2v) is 7.65. The number of likely N-dealkylation sites (tertiary alicyclic amines) is 1. The van der Waals surface area contributed by atoms with Crippen molar-refractivity contribution >= 4 is 11.2 Å². The second kappa shape index (κ2) is 7.02. The van der Waals surface area contributed by atoms with E-state index in [1.165, 1.54) is 11.6 Å². The minimum Gasteiger partial charge on any atom is -0.391 e. The van der Waals surface area contributed by atoms with Gasteiger partial charge in [-0.05, 0) is 19.4 Å². The number of aryl methyl sites for hydroxylation is 2. The molecule has 2 N–H and O–H groups in total. The third kappa shape index (κ3) is 3.18. The van der Waals surface area contributed by atoms with Crippen molar-refractivity contribution in [2.24, 2.45) is 20.0 Å². The van der Waals surface area contributed by atoms with Gasteiger partial charge in [-0.2, -0.15) is 5.10 Å². The van der Waals surface area contributed by atoms with Crippen LogP contribution in [0, 0.1) is 12.8 Å². The topological polar surface area (TPSA) is 114 Å².